The summed E-state index contributed by atoms with van der Waals surface area (Å²) in [5, 5.41) is 2.95. The maximum absolute atomic E-state index is 10.9. The minimum Gasteiger partial charge on any atom is -0.677 e. The zero-order chi connectivity index (χ0) is 8.69. The quantitative estimate of drug-likeness (QED) is 0.410. The van der Waals surface area contributed by atoms with Gasteiger partial charge in [-0.05, 0) is 20.4 Å². The number of hydrogen-bond acceptors (Lipinski definition) is 2. The van der Waals surface area contributed by atoms with Crippen molar-refractivity contribution in [2.45, 2.75) is 32.2 Å². The first-order valence-electron chi connectivity index (χ1n) is 4.04. The first kappa shape index (κ1) is 15.7. The molecule has 0 aliphatic carbocycles. The third-order valence-corrected chi connectivity index (χ3v) is 1.76. The number of hydrogen-bond donors (Lipinski definition) is 1. The molecular formula is C8H17KN2O. The van der Waals surface area contributed by atoms with Crippen LogP contribution in [0.1, 0.15) is 26.2 Å². The van der Waals surface area contributed by atoms with Crippen LogP contribution in [0.4, 0.5) is 0 Å². The average Bonchev–Trinajstić information content (AvgIpc) is 1.97. The van der Waals surface area contributed by atoms with E-state index in [-0.39, 0.29) is 63.2 Å². The van der Waals surface area contributed by atoms with E-state index in [4.69, 9.17) is 5.73 Å². The van der Waals surface area contributed by atoms with Gasteiger partial charge in [0.05, 0.1) is 6.04 Å². The Kier molecular flexibility index (Phi) is 13.5. The summed E-state index contributed by atoms with van der Waals surface area (Å²) in [5.41, 5.74) is 6.91. The SMILES string of the molecule is CNC(CCCC[NH-])C(C)=O.[K+]. The molecule has 0 saturated heterocycles. The molecule has 0 aromatic rings. The smallest absolute Gasteiger partial charge is 0.677 e. The maximum atomic E-state index is 10.9. The van der Waals surface area contributed by atoms with Gasteiger partial charge < -0.3 is 11.1 Å². The van der Waals surface area contributed by atoms with Crippen molar-refractivity contribution >= 4 is 5.78 Å². The van der Waals surface area contributed by atoms with Crippen molar-refractivity contribution in [2.24, 2.45) is 0 Å². The minimum atomic E-state index is 0. The number of ketones is 1. The van der Waals surface area contributed by atoms with Crippen molar-refractivity contribution in [3.8, 4) is 0 Å². The molecule has 66 valence electrons. The predicted molar refractivity (Wildman–Crippen MR) is 46.6 cm³/mol. The molecule has 3 nitrogen and oxygen atoms in total. The van der Waals surface area contributed by atoms with Crippen LogP contribution in [0.2, 0.25) is 0 Å². The zero-order valence-corrected chi connectivity index (χ0v) is 11.4. The molecule has 0 saturated carbocycles. The molecule has 0 rings (SSSR count). The second-order valence-corrected chi connectivity index (χ2v) is 2.70. The van der Waals surface area contributed by atoms with E-state index in [0.717, 1.165) is 19.3 Å². The number of rotatable bonds is 6. The molecule has 2 N–H and O–H groups in total. The van der Waals surface area contributed by atoms with Gasteiger partial charge in [-0.15, -0.1) is 0 Å². The van der Waals surface area contributed by atoms with Gasteiger partial charge >= 0.3 is 51.4 Å². The summed E-state index contributed by atoms with van der Waals surface area (Å²) < 4.78 is 0. The summed E-state index contributed by atoms with van der Waals surface area (Å²) in [6.45, 7) is 2.07. The molecule has 1 atom stereocenters. The van der Waals surface area contributed by atoms with Gasteiger partial charge in [0.15, 0.2) is 0 Å². The molecule has 4 heteroatoms. The van der Waals surface area contributed by atoms with Gasteiger partial charge in [0.1, 0.15) is 5.78 Å². The number of nitrogens with one attached hydrogen (secondary N) is 2. The monoisotopic (exact) mass is 196 g/mol. The largest absolute Gasteiger partial charge is 1.00 e. The molecule has 0 aromatic heterocycles. The van der Waals surface area contributed by atoms with E-state index >= 15 is 0 Å². The van der Waals surface area contributed by atoms with Crippen LogP contribution in [0, 0.1) is 0 Å². The molecule has 0 bridgehead atoms. The Morgan fingerprint density at radius 3 is 2.42 bits per heavy atom. The molecule has 0 amide bonds. The molecular weight excluding hydrogens is 179 g/mol. The Bertz CT molecular complexity index is 120. The third-order valence-electron chi connectivity index (χ3n) is 1.76. The maximum Gasteiger partial charge on any atom is 1.00 e. The van der Waals surface area contributed by atoms with Gasteiger partial charge in [-0.2, -0.15) is 6.54 Å². The fourth-order valence-corrected chi connectivity index (χ4v) is 1.02. The Hall–Kier alpha value is 1.23. The van der Waals surface area contributed by atoms with Gasteiger partial charge in [-0.25, -0.2) is 0 Å². The zero-order valence-electron chi connectivity index (χ0n) is 8.31. The second-order valence-electron chi connectivity index (χ2n) is 2.70. The van der Waals surface area contributed by atoms with Gasteiger partial charge in [0, 0.05) is 0 Å². The molecule has 0 radical (unpaired) electrons. The van der Waals surface area contributed by atoms with Gasteiger partial charge in [-0.3, -0.25) is 4.79 Å². The second kappa shape index (κ2) is 10.3. The van der Waals surface area contributed by atoms with Crippen LogP contribution in [-0.4, -0.2) is 25.4 Å². The number of unbranched alkanes of at least 4 members (excludes halogenated alkanes) is 1. The third kappa shape index (κ3) is 7.85. The summed E-state index contributed by atoms with van der Waals surface area (Å²) in [7, 11) is 1.80. The summed E-state index contributed by atoms with van der Waals surface area (Å²) in [5.74, 6) is 0.192. The van der Waals surface area contributed by atoms with Crippen molar-refractivity contribution in [1.82, 2.24) is 5.32 Å². The van der Waals surface area contributed by atoms with Crippen molar-refractivity contribution in [1.29, 1.82) is 0 Å². The Labute approximate surface area is 117 Å². The summed E-state index contributed by atoms with van der Waals surface area (Å²) >= 11 is 0. The normalized spacial score (nSPS) is 11.9. The van der Waals surface area contributed by atoms with Crippen LogP contribution in [-0.2, 0) is 4.79 Å². The number of likely N-dealkylation sites (N-methyl/N-ethyl adjacent to an activating group) is 1. The fraction of sp³-hybridized carbons (Fsp3) is 0.875. The van der Waals surface area contributed by atoms with Crippen LogP contribution < -0.4 is 56.7 Å². The Morgan fingerprint density at radius 2 is 2.08 bits per heavy atom. The van der Waals surface area contributed by atoms with Crippen LogP contribution in [0.5, 0.6) is 0 Å². The van der Waals surface area contributed by atoms with E-state index in [9.17, 15) is 4.79 Å². The van der Waals surface area contributed by atoms with Crippen molar-refractivity contribution < 1.29 is 56.2 Å². The minimum absolute atomic E-state index is 0. The summed E-state index contributed by atoms with van der Waals surface area (Å²) in [6, 6.07) is 0.00144. The average molecular weight is 196 g/mol. The molecule has 0 aliphatic heterocycles. The Morgan fingerprint density at radius 1 is 1.50 bits per heavy atom. The molecule has 0 fully saturated rings. The molecule has 12 heavy (non-hydrogen) atoms. The van der Waals surface area contributed by atoms with E-state index in [0.29, 0.717) is 6.54 Å². The topological polar surface area (TPSA) is 52.9 Å². The molecule has 0 heterocycles. The van der Waals surface area contributed by atoms with Crippen LogP contribution >= 0.6 is 0 Å². The Balaban J connectivity index is 0. The molecule has 1 unspecified atom stereocenters. The van der Waals surface area contributed by atoms with Crippen molar-refractivity contribution in [3.05, 3.63) is 5.73 Å². The van der Waals surface area contributed by atoms with Gasteiger partial charge in [0.2, 0.25) is 0 Å². The van der Waals surface area contributed by atoms with E-state index in [2.05, 4.69) is 5.32 Å². The molecule has 0 aliphatic rings. The predicted octanol–water partition coefficient (Wildman–Crippen LogP) is -1.61. The fourth-order valence-electron chi connectivity index (χ4n) is 1.02. The number of carbonyl (C=O) groups is 1. The van der Waals surface area contributed by atoms with Crippen LogP contribution in [0.25, 0.3) is 5.73 Å². The van der Waals surface area contributed by atoms with Gasteiger partial charge in [0.25, 0.3) is 0 Å². The summed E-state index contributed by atoms with van der Waals surface area (Å²) in [4.78, 5) is 10.9. The summed E-state index contributed by atoms with van der Waals surface area (Å²) in [6.07, 6.45) is 2.73. The van der Waals surface area contributed by atoms with E-state index < -0.39 is 0 Å². The van der Waals surface area contributed by atoms with Crippen molar-refractivity contribution in [2.75, 3.05) is 13.6 Å². The molecule has 0 spiro atoms. The van der Waals surface area contributed by atoms with E-state index in [1.807, 2.05) is 0 Å². The van der Waals surface area contributed by atoms with Crippen LogP contribution in [0.3, 0.4) is 0 Å². The van der Waals surface area contributed by atoms with E-state index in [1.54, 1.807) is 14.0 Å². The first-order valence-corrected chi connectivity index (χ1v) is 4.04. The van der Waals surface area contributed by atoms with Crippen LogP contribution in [0.15, 0.2) is 0 Å². The number of carbonyl (C=O) groups excluding carboxylic acids is 1. The standard InChI is InChI=1S/C8H17N2O.K/c1-7(11)8(10-2)5-3-4-6-9;/h8-10H,3-6H2,1-2H3;/q-1;+1. The van der Waals surface area contributed by atoms with Crippen molar-refractivity contribution in [3.63, 3.8) is 0 Å². The van der Waals surface area contributed by atoms with Gasteiger partial charge in [-0.1, -0.05) is 12.8 Å². The molecule has 0 aromatic carbocycles. The van der Waals surface area contributed by atoms with E-state index in [1.165, 1.54) is 0 Å². The number of Topliss-reactive ketones (excluding diaryl/α,β-unsaturated/α-hetero) is 1. The first-order chi connectivity index (χ1) is 5.22.